The van der Waals surface area contributed by atoms with Gasteiger partial charge < -0.3 is 0 Å². The van der Waals surface area contributed by atoms with Gasteiger partial charge in [0.25, 0.3) is 0 Å². The average Bonchev–Trinajstić information content (AvgIpc) is 2.21. The highest BCUT2D eigenvalue weighted by Gasteiger charge is 2.09. The van der Waals surface area contributed by atoms with Gasteiger partial charge in [0.1, 0.15) is 6.10 Å². The van der Waals surface area contributed by atoms with E-state index < -0.39 is 6.10 Å². The van der Waals surface area contributed by atoms with Gasteiger partial charge in [-0.2, -0.15) is 0 Å². The van der Waals surface area contributed by atoms with E-state index in [2.05, 4.69) is 14.9 Å². The van der Waals surface area contributed by atoms with E-state index in [1.54, 1.807) is 12.1 Å². The molecule has 5 nitrogen and oxygen atoms in total. The van der Waals surface area contributed by atoms with Crippen LogP contribution in [0.1, 0.15) is 11.7 Å². The molecule has 0 saturated heterocycles. The monoisotopic (exact) mass is 179 g/mol. The summed E-state index contributed by atoms with van der Waals surface area (Å²) in [4.78, 5) is 6.76. The molecule has 0 spiro atoms. The summed E-state index contributed by atoms with van der Waals surface area (Å²) in [6.07, 6.45) is -0.586. The first-order chi connectivity index (χ1) is 6.38. The Morgan fingerprint density at radius 1 is 1.46 bits per heavy atom. The van der Waals surface area contributed by atoms with E-state index in [0.29, 0.717) is 0 Å². The normalized spacial score (nSPS) is 11.8. The molecule has 0 radical (unpaired) electrons. The predicted molar refractivity (Wildman–Crippen MR) is 46.9 cm³/mol. The molecule has 1 atom stereocenters. The number of benzene rings is 1. The van der Waals surface area contributed by atoms with Gasteiger partial charge >= 0.3 is 0 Å². The van der Waals surface area contributed by atoms with Crippen molar-refractivity contribution in [3.05, 3.63) is 46.3 Å². The van der Waals surface area contributed by atoms with Gasteiger partial charge in [0.15, 0.2) is 0 Å². The van der Waals surface area contributed by atoms with Crippen molar-refractivity contribution >= 4 is 0 Å². The standard InChI is InChI=1S/C8H9N3O2/c9-11-10-6-8(13-12)7-4-2-1-3-5-7/h1-5,8,12H,6H2. The maximum atomic E-state index is 8.52. The Morgan fingerprint density at radius 2 is 2.15 bits per heavy atom. The Labute approximate surface area is 75.1 Å². The molecule has 1 unspecified atom stereocenters. The zero-order valence-electron chi connectivity index (χ0n) is 6.87. The van der Waals surface area contributed by atoms with Crippen LogP contribution >= 0.6 is 0 Å². The smallest absolute Gasteiger partial charge is 0.123 e. The second-order valence-corrected chi connectivity index (χ2v) is 2.42. The van der Waals surface area contributed by atoms with Crippen LogP contribution in [-0.4, -0.2) is 11.8 Å². The van der Waals surface area contributed by atoms with Gasteiger partial charge in [0.2, 0.25) is 0 Å². The number of hydrogen-bond donors (Lipinski definition) is 1. The van der Waals surface area contributed by atoms with Crippen molar-refractivity contribution in [2.45, 2.75) is 6.10 Å². The third kappa shape index (κ3) is 2.76. The van der Waals surface area contributed by atoms with E-state index in [-0.39, 0.29) is 6.54 Å². The van der Waals surface area contributed by atoms with E-state index in [0.717, 1.165) is 5.56 Å². The van der Waals surface area contributed by atoms with Gasteiger partial charge in [-0.3, -0.25) is 5.26 Å². The maximum Gasteiger partial charge on any atom is 0.123 e. The molecule has 0 aliphatic heterocycles. The van der Waals surface area contributed by atoms with Crippen molar-refractivity contribution in [3.63, 3.8) is 0 Å². The van der Waals surface area contributed by atoms with Crippen LogP contribution in [0.3, 0.4) is 0 Å². The zero-order chi connectivity index (χ0) is 9.52. The number of azide groups is 1. The van der Waals surface area contributed by atoms with Crippen molar-refractivity contribution < 1.29 is 10.1 Å². The molecule has 0 aromatic heterocycles. The molecule has 1 N–H and O–H groups in total. The summed E-state index contributed by atoms with van der Waals surface area (Å²) in [6.45, 7) is 0.0804. The zero-order valence-corrected chi connectivity index (χ0v) is 6.87. The molecule has 0 saturated carbocycles. The first-order valence-corrected chi connectivity index (χ1v) is 3.74. The molecule has 13 heavy (non-hydrogen) atoms. The Morgan fingerprint density at radius 3 is 2.69 bits per heavy atom. The minimum absolute atomic E-state index is 0.0804. The van der Waals surface area contributed by atoms with E-state index in [1.165, 1.54) is 0 Å². The summed E-state index contributed by atoms with van der Waals surface area (Å²) in [6, 6.07) is 9.06. The quantitative estimate of drug-likeness (QED) is 0.253. The number of nitrogens with zero attached hydrogens (tertiary/aromatic N) is 3. The topological polar surface area (TPSA) is 78.2 Å². The van der Waals surface area contributed by atoms with Crippen LogP contribution < -0.4 is 0 Å². The summed E-state index contributed by atoms with van der Waals surface area (Å²) in [5.74, 6) is 0. The maximum absolute atomic E-state index is 8.52. The third-order valence-electron chi connectivity index (χ3n) is 1.61. The highest BCUT2D eigenvalue weighted by Crippen LogP contribution is 2.15. The fourth-order valence-electron chi connectivity index (χ4n) is 0.978. The van der Waals surface area contributed by atoms with Crippen molar-refractivity contribution in [3.8, 4) is 0 Å². The van der Waals surface area contributed by atoms with Crippen molar-refractivity contribution in [1.29, 1.82) is 0 Å². The lowest BCUT2D eigenvalue weighted by Gasteiger charge is -2.09. The fraction of sp³-hybridized carbons (Fsp3) is 0.250. The molecule has 0 amide bonds. The number of hydrogen-bond acceptors (Lipinski definition) is 3. The highest BCUT2D eigenvalue weighted by atomic mass is 17.1. The largest absolute Gasteiger partial charge is 0.251 e. The van der Waals surface area contributed by atoms with Gasteiger partial charge in [-0.25, -0.2) is 4.89 Å². The SMILES string of the molecule is [N-]=[N+]=NCC(OO)c1ccccc1. The summed E-state index contributed by atoms with van der Waals surface area (Å²) in [7, 11) is 0. The molecule has 0 aliphatic carbocycles. The molecule has 0 aliphatic rings. The fourth-order valence-corrected chi connectivity index (χ4v) is 0.978. The molecule has 0 heterocycles. The average molecular weight is 179 g/mol. The minimum atomic E-state index is -0.586. The van der Waals surface area contributed by atoms with Crippen LogP contribution in [0.25, 0.3) is 10.4 Å². The lowest BCUT2D eigenvalue weighted by molar-refractivity contribution is -0.278. The molecule has 5 heteroatoms. The summed E-state index contributed by atoms with van der Waals surface area (Å²) >= 11 is 0. The van der Waals surface area contributed by atoms with Gasteiger partial charge in [0, 0.05) is 4.91 Å². The van der Waals surface area contributed by atoms with E-state index in [9.17, 15) is 0 Å². The summed E-state index contributed by atoms with van der Waals surface area (Å²) in [5.41, 5.74) is 8.85. The molecule has 68 valence electrons. The third-order valence-corrected chi connectivity index (χ3v) is 1.61. The van der Waals surface area contributed by atoms with Crippen LogP contribution in [0, 0.1) is 0 Å². The van der Waals surface area contributed by atoms with Crippen LogP contribution in [0.4, 0.5) is 0 Å². The lowest BCUT2D eigenvalue weighted by atomic mass is 10.1. The molecular weight excluding hydrogens is 170 g/mol. The Hall–Kier alpha value is -1.55. The summed E-state index contributed by atoms with van der Waals surface area (Å²) in [5, 5.41) is 11.8. The second kappa shape index (κ2) is 5.16. The van der Waals surface area contributed by atoms with Gasteiger partial charge in [-0.05, 0) is 11.1 Å². The first kappa shape index (κ1) is 9.54. The minimum Gasteiger partial charge on any atom is -0.251 e. The molecule has 0 fully saturated rings. The van der Waals surface area contributed by atoms with Gasteiger partial charge in [0.05, 0.1) is 6.54 Å². The molecule has 1 aromatic carbocycles. The Kier molecular flexibility index (Phi) is 3.78. The van der Waals surface area contributed by atoms with Crippen LogP contribution in [0.2, 0.25) is 0 Å². The summed E-state index contributed by atoms with van der Waals surface area (Å²) < 4.78 is 0. The van der Waals surface area contributed by atoms with E-state index >= 15 is 0 Å². The van der Waals surface area contributed by atoms with Crippen LogP contribution in [-0.2, 0) is 4.89 Å². The van der Waals surface area contributed by atoms with Crippen LogP contribution in [0.5, 0.6) is 0 Å². The van der Waals surface area contributed by atoms with Crippen molar-refractivity contribution in [1.82, 2.24) is 0 Å². The number of rotatable bonds is 4. The predicted octanol–water partition coefficient (Wildman–Crippen LogP) is 2.53. The molecular formula is C8H9N3O2. The van der Waals surface area contributed by atoms with Crippen molar-refractivity contribution in [2.75, 3.05) is 6.54 Å². The van der Waals surface area contributed by atoms with E-state index in [1.807, 2.05) is 18.2 Å². The molecule has 1 rings (SSSR count). The second-order valence-electron chi connectivity index (χ2n) is 2.42. The molecule has 1 aromatic rings. The van der Waals surface area contributed by atoms with Gasteiger partial charge in [-0.1, -0.05) is 35.4 Å². The van der Waals surface area contributed by atoms with Crippen molar-refractivity contribution in [2.24, 2.45) is 5.11 Å². The Bertz CT molecular complexity index is 296. The molecule has 0 bridgehead atoms. The lowest BCUT2D eigenvalue weighted by Crippen LogP contribution is -2.04. The first-order valence-electron chi connectivity index (χ1n) is 3.74. The van der Waals surface area contributed by atoms with Gasteiger partial charge in [-0.15, -0.1) is 0 Å². The highest BCUT2D eigenvalue weighted by molar-refractivity contribution is 5.17. The Balaban J connectivity index is 2.72. The van der Waals surface area contributed by atoms with E-state index in [4.69, 9.17) is 10.8 Å². The van der Waals surface area contributed by atoms with Crippen LogP contribution in [0.15, 0.2) is 35.4 Å².